The third-order valence-corrected chi connectivity index (χ3v) is 3.06. The van der Waals surface area contributed by atoms with Gasteiger partial charge in [0.05, 0.1) is 18.4 Å². The second-order valence-corrected chi connectivity index (χ2v) is 5.64. The van der Waals surface area contributed by atoms with E-state index >= 15 is 0 Å². The molecule has 0 aliphatic heterocycles. The smallest absolute Gasteiger partial charge is 0.252 e. The van der Waals surface area contributed by atoms with Gasteiger partial charge in [-0.05, 0) is 23.1 Å². The quantitative estimate of drug-likeness (QED) is 0.824. The van der Waals surface area contributed by atoms with Crippen molar-refractivity contribution in [1.82, 2.24) is 0 Å². The topological polar surface area (TPSA) is 64.3 Å². The molecule has 0 saturated carbocycles. The molecule has 1 aromatic carbocycles. The number of benzene rings is 1. The zero-order valence-corrected chi connectivity index (χ0v) is 12.3. The Kier molecular flexibility index (Phi) is 4.51. The summed E-state index contributed by atoms with van der Waals surface area (Å²) >= 11 is 1.44. The molecule has 4 nitrogen and oxygen atoms in total. The summed E-state index contributed by atoms with van der Waals surface area (Å²) in [4.78, 5) is 11.5. The summed E-state index contributed by atoms with van der Waals surface area (Å²) in [5.74, 6) is 0.00644. The number of hydrogen-bond donors (Lipinski definition) is 2. The minimum Gasteiger partial charge on any atom is -0.494 e. The minimum atomic E-state index is -0.484. The van der Waals surface area contributed by atoms with E-state index in [-0.39, 0.29) is 5.41 Å². The molecule has 0 bridgehead atoms. The normalized spacial score (nSPS) is 11.2. The van der Waals surface area contributed by atoms with Crippen molar-refractivity contribution in [3.05, 3.63) is 23.3 Å². The molecule has 0 saturated heterocycles. The summed E-state index contributed by atoms with van der Waals surface area (Å²) in [5, 5.41) is 0. The van der Waals surface area contributed by atoms with Gasteiger partial charge >= 0.3 is 0 Å². The predicted octanol–water partition coefficient (Wildman–Crippen LogP) is 2.78. The fraction of sp³-hybridized carbons (Fsp3) is 0.462. The maximum Gasteiger partial charge on any atom is 0.252 e. The molecule has 0 radical (unpaired) electrons. The van der Waals surface area contributed by atoms with E-state index in [0.717, 1.165) is 11.3 Å². The predicted molar refractivity (Wildman–Crippen MR) is 77.3 cm³/mol. The molecular formula is C13H20N2O2S. The van der Waals surface area contributed by atoms with Gasteiger partial charge < -0.3 is 15.2 Å². The number of carbonyl (C=O) groups is 1. The van der Waals surface area contributed by atoms with Gasteiger partial charge in [0.2, 0.25) is 0 Å². The monoisotopic (exact) mass is 268 g/mol. The van der Waals surface area contributed by atoms with E-state index < -0.39 is 5.91 Å². The zero-order valence-electron chi connectivity index (χ0n) is 11.5. The number of ether oxygens (including phenoxy) is 1. The van der Waals surface area contributed by atoms with Crippen LogP contribution in [-0.4, -0.2) is 19.3 Å². The number of hydrogen-bond acceptors (Lipinski definition) is 4. The third kappa shape index (κ3) is 3.10. The van der Waals surface area contributed by atoms with Crippen molar-refractivity contribution in [2.24, 2.45) is 5.73 Å². The molecular weight excluding hydrogens is 248 g/mol. The van der Waals surface area contributed by atoms with Crippen molar-refractivity contribution < 1.29 is 9.53 Å². The van der Waals surface area contributed by atoms with Crippen LogP contribution in [0.5, 0.6) is 5.75 Å². The van der Waals surface area contributed by atoms with Crippen LogP contribution < -0.4 is 15.2 Å². The van der Waals surface area contributed by atoms with E-state index in [1.807, 2.05) is 12.3 Å². The number of nitrogens with two attached hydrogens (primary N) is 1. The van der Waals surface area contributed by atoms with Crippen molar-refractivity contribution in [3.63, 3.8) is 0 Å². The number of nitrogens with one attached hydrogen (secondary N) is 1. The average molecular weight is 268 g/mol. The summed E-state index contributed by atoms with van der Waals surface area (Å²) in [6, 6.07) is 3.79. The molecule has 1 amide bonds. The molecule has 18 heavy (non-hydrogen) atoms. The van der Waals surface area contributed by atoms with Crippen LogP contribution in [0.25, 0.3) is 0 Å². The molecule has 0 spiro atoms. The molecule has 3 N–H and O–H groups in total. The fourth-order valence-electron chi connectivity index (χ4n) is 1.65. The number of amides is 1. The maximum atomic E-state index is 11.5. The van der Waals surface area contributed by atoms with Crippen LogP contribution in [0.1, 0.15) is 36.7 Å². The molecule has 0 aromatic heterocycles. The molecule has 100 valence electrons. The SMILES string of the molecule is COc1c(NSC)cc(C(C)(C)C)cc1C(N)=O. The van der Waals surface area contributed by atoms with Gasteiger partial charge in [0, 0.05) is 6.26 Å². The maximum absolute atomic E-state index is 11.5. The van der Waals surface area contributed by atoms with Crippen molar-refractivity contribution in [1.29, 1.82) is 0 Å². The number of primary amides is 1. The van der Waals surface area contributed by atoms with Crippen LogP contribution in [0, 0.1) is 0 Å². The molecule has 5 heteroatoms. The van der Waals surface area contributed by atoms with Gasteiger partial charge in [-0.1, -0.05) is 32.7 Å². The number of anilines is 1. The summed E-state index contributed by atoms with van der Waals surface area (Å²) in [6.07, 6.45) is 1.91. The van der Waals surface area contributed by atoms with Gasteiger partial charge in [0.15, 0.2) is 5.75 Å². The van der Waals surface area contributed by atoms with Gasteiger partial charge in [-0.25, -0.2) is 0 Å². The number of methoxy groups -OCH3 is 1. The highest BCUT2D eigenvalue weighted by Crippen LogP contribution is 2.35. The average Bonchev–Trinajstić information content (AvgIpc) is 2.27. The first-order valence-electron chi connectivity index (χ1n) is 5.62. The van der Waals surface area contributed by atoms with E-state index in [1.165, 1.54) is 19.1 Å². The highest BCUT2D eigenvalue weighted by molar-refractivity contribution is 7.99. The van der Waals surface area contributed by atoms with E-state index in [9.17, 15) is 4.79 Å². The van der Waals surface area contributed by atoms with E-state index in [0.29, 0.717) is 11.3 Å². The van der Waals surface area contributed by atoms with E-state index in [4.69, 9.17) is 10.5 Å². The summed E-state index contributed by atoms with van der Waals surface area (Å²) in [5.41, 5.74) is 7.56. The first-order valence-corrected chi connectivity index (χ1v) is 6.85. The van der Waals surface area contributed by atoms with Gasteiger partial charge in [-0.15, -0.1) is 0 Å². The highest BCUT2D eigenvalue weighted by Gasteiger charge is 2.21. The first-order chi connectivity index (χ1) is 8.31. The van der Waals surface area contributed by atoms with Gasteiger partial charge in [0.1, 0.15) is 0 Å². The number of rotatable bonds is 4. The van der Waals surface area contributed by atoms with Gasteiger partial charge in [0.25, 0.3) is 5.91 Å². The van der Waals surface area contributed by atoms with Crippen LogP contribution in [0.3, 0.4) is 0 Å². The lowest BCUT2D eigenvalue weighted by Gasteiger charge is -2.22. The van der Waals surface area contributed by atoms with Crippen LogP contribution in [0.2, 0.25) is 0 Å². The van der Waals surface area contributed by atoms with E-state index in [1.54, 1.807) is 6.07 Å². The van der Waals surface area contributed by atoms with Gasteiger partial charge in [-0.3, -0.25) is 4.79 Å². The van der Waals surface area contributed by atoms with E-state index in [2.05, 4.69) is 25.5 Å². The Morgan fingerprint density at radius 1 is 1.39 bits per heavy atom. The van der Waals surface area contributed by atoms with Crippen LogP contribution in [0.4, 0.5) is 5.69 Å². The third-order valence-electron chi connectivity index (χ3n) is 2.64. The van der Waals surface area contributed by atoms with Crippen LogP contribution in [0.15, 0.2) is 12.1 Å². The van der Waals surface area contributed by atoms with Crippen LogP contribution in [-0.2, 0) is 5.41 Å². The van der Waals surface area contributed by atoms with Crippen LogP contribution >= 0.6 is 11.9 Å². The summed E-state index contributed by atoms with van der Waals surface area (Å²) in [7, 11) is 1.53. The first kappa shape index (κ1) is 14.7. The molecule has 1 rings (SSSR count). The molecule has 0 aliphatic rings. The minimum absolute atomic E-state index is 0.0642. The highest BCUT2D eigenvalue weighted by atomic mass is 32.2. The molecule has 0 aliphatic carbocycles. The van der Waals surface area contributed by atoms with Crippen molar-refractivity contribution in [2.45, 2.75) is 26.2 Å². The zero-order chi connectivity index (χ0) is 13.9. The Morgan fingerprint density at radius 2 is 2.00 bits per heavy atom. The molecule has 0 atom stereocenters. The second-order valence-electron chi connectivity index (χ2n) is 5.03. The lowest BCUT2D eigenvalue weighted by molar-refractivity contribution is 0.0997. The van der Waals surface area contributed by atoms with Gasteiger partial charge in [-0.2, -0.15) is 0 Å². The summed E-state index contributed by atoms with van der Waals surface area (Å²) < 4.78 is 8.40. The second kappa shape index (κ2) is 5.52. The lowest BCUT2D eigenvalue weighted by atomic mass is 9.85. The summed E-state index contributed by atoms with van der Waals surface area (Å²) in [6.45, 7) is 6.26. The Hall–Kier alpha value is -1.36. The largest absolute Gasteiger partial charge is 0.494 e. The Balaban J connectivity index is 3.48. The Morgan fingerprint density at radius 3 is 2.39 bits per heavy atom. The fourth-order valence-corrected chi connectivity index (χ4v) is 2.02. The van der Waals surface area contributed by atoms with Crippen molar-refractivity contribution in [3.8, 4) is 5.75 Å². The molecule has 1 aromatic rings. The number of carbonyl (C=O) groups excluding carboxylic acids is 1. The molecule has 0 unspecified atom stereocenters. The Labute approximate surface area is 112 Å². The van der Waals surface area contributed by atoms with Crippen molar-refractivity contribution >= 4 is 23.5 Å². The Bertz CT molecular complexity index is 453. The standard InChI is InChI=1S/C13H20N2O2S/c1-13(2,3)8-6-9(12(14)16)11(17-4)10(7-8)15-18-5/h6-7,15H,1-5H3,(H2,14,16). The van der Waals surface area contributed by atoms with Crippen molar-refractivity contribution in [2.75, 3.05) is 18.1 Å². The molecule has 0 fully saturated rings. The molecule has 0 heterocycles. The lowest BCUT2D eigenvalue weighted by Crippen LogP contribution is -2.17.